The summed E-state index contributed by atoms with van der Waals surface area (Å²) in [6.45, 7) is 15.4. The Kier molecular flexibility index (Phi) is 6.38. The predicted molar refractivity (Wildman–Crippen MR) is 94.8 cm³/mol. The molecule has 4 nitrogen and oxygen atoms in total. The van der Waals surface area contributed by atoms with Crippen molar-refractivity contribution in [2.45, 2.75) is 72.0 Å². The number of hydrogen-bond donors (Lipinski definition) is 0. The van der Waals surface area contributed by atoms with Gasteiger partial charge in [-0.25, -0.2) is 0 Å². The third-order valence-corrected chi connectivity index (χ3v) is 9.65. The van der Waals surface area contributed by atoms with Crippen LogP contribution in [-0.4, -0.2) is 33.3 Å². The summed E-state index contributed by atoms with van der Waals surface area (Å²) in [5, 5.41) is 0.218. The molecule has 132 valence electrons. The maximum absolute atomic E-state index is 12.0. The summed E-state index contributed by atoms with van der Waals surface area (Å²) in [5.41, 5.74) is -0.0631. The number of Topliss-reactive ketones (excluding diaryl/α,β-unsaturated/α-hetero) is 1. The summed E-state index contributed by atoms with van der Waals surface area (Å²) in [6, 6.07) is 0. The Balaban J connectivity index is 2.48. The average molecular weight is 341 g/mol. The first-order valence-electron chi connectivity index (χ1n) is 8.50. The molecule has 0 amide bonds. The zero-order valence-corrected chi connectivity index (χ0v) is 16.7. The molecular weight excluding hydrogens is 308 g/mol. The van der Waals surface area contributed by atoms with Crippen molar-refractivity contribution in [3.63, 3.8) is 0 Å². The van der Waals surface area contributed by atoms with Gasteiger partial charge < -0.3 is 9.16 Å². The summed E-state index contributed by atoms with van der Waals surface area (Å²) in [4.78, 5) is 23.8. The van der Waals surface area contributed by atoms with E-state index in [-0.39, 0.29) is 10.8 Å². The van der Waals surface area contributed by atoms with Gasteiger partial charge in [0.15, 0.2) is 19.5 Å². The van der Waals surface area contributed by atoms with Crippen molar-refractivity contribution in [2.24, 2.45) is 5.41 Å². The quantitative estimate of drug-likeness (QED) is 0.218. The molecule has 1 unspecified atom stereocenters. The van der Waals surface area contributed by atoms with Gasteiger partial charge in [-0.3, -0.25) is 9.59 Å². The van der Waals surface area contributed by atoms with Gasteiger partial charge >= 0.3 is 5.97 Å². The summed E-state index contributed by atoms with van der Waals surface area (Å²) in [7, 11) is -1.69. The summed E-state index contributed by atoms with van der Waals surface area (Å²) >= 11 is 0. The van der Waals surface area contributed by atoms with Crippen LogP contribution in [0, 0.1) is 5.41 Å². The highest BCUT2D eigenvalue weighted by Gasteiger charge is 2.60. The highest BCUT2D eigenvalue weighted by Crippen LogP contribution is 2.54. The fourth-order valence-corrected chi connectivity index (χ4v) is 3.43. The van der Waals surface area contributed by atoms with Gasteiger partial charge in [0.05, 0.1) is 6.61 Å². The molecule has 1 saturated carbocycles. The van der Waals surface area contributed by atoms with Gasteiger partial charge in [-0.05, 0) is 56.8 Å². The number of ether oxygens (including phenoxy) is 1. The zero-order valence-electron chi connectivity index (χ0n) is 15.7. The van der Waals surface area contributed by atoms with Crippen LogP contribution in [0.15, 0.2) is 11.6 Å². The number of rotatable bonds is 8. The van der Waals surface area contributed by atoms with Crippen molar-refractivity contribution in [3.05, 3.63) is 11.6 Å². The smallest absolute Gasteiger partial charge is 0.324 e. The first kappa shape index (κ1) is 20.1. The van der Waals surface area contributed by atoms with Crippen molar-refractivity contribution in [2.75, 3.05) is 13.2 Å². The van der Waals surface area contributed by atoms with E-state index >= 15 is 0 Å². The van der Waals surface area contributed by atoms with Crippen molar-refractivity contribution in [3.8, 4) is 0 Å². The molecule has 0 aromatic rings. The number of hydrogen-bond acceptors (Lipinski definition) is 4. The molecule has 0 aliphatic heterocycles. The van der Waals surface area contributed by atoms with Crippen molar-refractivity contribution in [1.29, 1.82) is 0 Å². The van der Waals surface area contributed by atoms with Crippen LogP contribution in [0.25, 0.3) is 0 Å². The second-order valence-electron chi connectivity index (χ2n) is 7.84. The molecule has 1 atom stereocenters. The van der Waals surface area contributed by atoms with Gasteiger partial charge in [0, 0.05) is 6.61 Å². The monoisotopic (exact) mass is 340 g/mol. The molecular formula is C18H32O4Si. The lowest BCUT2D eigenvalue weighted by Crippen LogP contribution is -2.40. The molecule has 23 heavy (non-hydrogen) atoms. The number of ketones is 1. The third kappa shape index (κ3) is 4.54. The predicted octanol–water partition coefficient (Wildman–Crippen LogP) is 4.26. The Morgan fingerprint density at radius 2 is 1.91 bits per heavy atom. The minimum Gasteiger partial charge on any atom is -0.465 e. The first-order chi connectivity index (χ1) is 10.5. The van der Waals surface area contributed by atoms with Crippen LogP contribution < -0.4 is 0 Å². The second kappa shape index (κ2) is 7.30. The van der Waals surface area contributed by atoms with Crippen LogP contribution in [0.5, 0.6) is 0 Å². The van der Waals surface area contributed by atoms with Crippen LogP contribution in [0.2, 0.25) is 18.1 Å². The van der Waals surface area contributed by atoms with Crippen molar-refractivity contribution in [1.82, 2.24) is 0 Å². The van der Waals surface area contributed by atoms with Gasteiger partial charge in [-0.15, -0.1) is 0 Å². The second-order valence-corrected chi connectivity index (χ2v) is 12.6. The van der Waals surface area contributed by atoms with Crippen molar-refractivity contribution >= 4 is 20.1 Å². The van der Waals surface area contributed by atoms with Crippen LogP contribution in [0.1, 0.15) is 53.9 Å². The SMILES string of the molecule is CCOC(=O)C1(C(C)=O)C/C1=C/CCCO[Si](C)(C)C(C)(C)C. The number of carbonyl (C=O) groups excluding carboxylic acids is 2. The fourth-order valence-electron chi connectivity index (χ4n) is 2.34. The largest absolute Gasteiger partial charge is 0.465 e. The molecule has 0 aromatic carbocycles. The molecule has 0 N–H and O–H groups in total. The lowest BCUT2D eigenvalue weighted by atomic mass is 10.0. The molecule has 0 bridgehead atoms. The van der Waals surface area contributed by atoms with Crippen LogP contribution in [0.4, 0.5) is 0 Å². The van der Waals surface area contributed by atoms with Gasteiger partial charge in [0.2, 0.25) is 0 Å². The molecule has 1 fully saturated rings. The number of esters is 1. The maximum Gasteiger partial charge on any atom is 0.324 e. The minimum atomic E-state index is -1.69. The van der Waals surface area contributed by atoms with Crippen LogP contribution in [-0.2, 0) is 18.8 Å². The standard InChI is InChI=1S/C18H32O4Si/c1-8-21-16(20)18(14(2)19)13-15(18)11-9-10-12-22-23(6,7)17(3,4)5/h11H,8-10,12-13H2,1-7H3/b15-11-. The summed E-state index contributed by atoms with van der Waals surface area (Å²) < 4.78 is 11.2. The van der Waals surface area contributed by atoms with Crippen LogP contribution in [0.3, 0.4) is 0 Å². The average Bonchev–Trinajstić information content (AvgIpc) is 3.13. The molecule has 1 aliphatic rings. The topological polar surface area (TPSA) is 52.6 Å². The lowest BCUT2D eigenvalue weighted by Gasteiger charge is -2.36. The number of unbranched alkanes of at least 4 members (excludes halogenated alkanes) is 1. The highest BCUT2D eigenvalue weighted by atomic mass is 28.4. The molecule has 0 saturated heterocycles. The van der Waals surface area contributed by atoms with Gasteiger partial charge in [-0.1, -0.05) is 26.8 Å². The normalized spacial score (nSPS) is 23.0. The van der Waals surface area contributed by atoms with E-state index in [4.69, 9.17) is 9.16 Å². The number of allylic oxidation sites excluding steroid dienone is 1. The van der Waals surface area contributed by atoms with Crippen LogP contribution >= 0.6 is 0 Å². The Morgan fingerprint density at radius 1 is 1.30 bits per heavy atom. The van der Waals surface area contributed by atoms with Crippen molar-refractivity contribution < 1.29 is 18.8 Å². The minimum absolute atomic E-state index is 0.111. The van der Waals surface area contributed by atoms with Gasteiger partial charge in [0.1, 0.15) is 0 Å². The molecule has 0 aromatic heterocycles. The third-order valence-electron chi connectivity index (χ3n) is 5.11. The van der Waals surface area contributed by atoms with Gasteiger partial charge in [0.25, 0.3) is 0 Å². The lowest BCUT2D eigenvalue weighted by molar-refractivity contribution is -0.152. The highest BCUT2D eigenvalue weighted by molar-refractivity contribution is 6.74. The molecule has 0 spiro atoms. The van der Waals surface area contributed by atoms with E-state index in [0.29, 0.717) is 13.0 Å². The van der Waals surface area contributed by atoms with E-state index in [1.165, 1.54) is 6.92 Å². The molecule has 0 heterocycles. The van der Waals surface area contributed by atoms with Gasteiger partial charge in [-0.2, -0.15) is 0 Å². The summed E-state index contributed by atoms with van der Waals surface area (Å²) in [6.07, 6.45) is 4.28. The Morgan fingerprint density at radius 3 is 2.39 bits per heavy atom. The van der Waals surface area contributed by atoms with E-state index in [9.17, 15) is 9.59 Å². The molecule has 1 rings (SSSR count). The van der Waals surface area contributed by atoms with E-state index in [2.05, 4.69) is 33.9 Å². The zero-order chi connectivity index (χ0) is 17.9. The molecule has 0 radical (unpaired) electrons. The maximum atomic E-state index is 12.0. The Hall–Kier alpha value is -0.943. The molecule has 1 aliphatic carbocycles. The van der Waals surface area contributed by atoms with E-state index in [0.717, 1.165) is 25.0 Å². The molecule has 5 heteroatoms. The summed E-state index contributed by atoms with van der Waals surface area (Å²) in [5.74, 6) is -0.504. The fraction of sp³-hybridized carbons (Fsp3) is 0.778. The van der Waals surface area contributed by atoms with E-state index < -0.39 is 19.7 Å². The Labute approximate surface area is 141 Å². The number of carbonyl (C=O) groups is 2. The Bertz CT molecular complexity index is 488. The van der Waals surface area contributed by atoms with E-state index in [1.807, 2.05) is 6.08 Å². The first-order valence-corrected chi connectivity index (χ1v) is 11.4. The van der Waals surface area contributed by atoms with E-state index in [1.54, 1.807) is 6.92 Å².